The van der Waals surface area contributed by atoms with Crippen LogP contribution < -0.4 is 10.2 Å². The Labute approximate surface area is 175 Å². The second-order valence-corrected chi connectivity index (χ2v) is 7.70. The average Bonchev–Trinajstić information content (AvgIpc) is 2.76. The van der Waals surface area contributed by atoms with E-state index in [1.165, 1.54) is 0 Å². The van der Waals surface area contributed by atoms with Gasteiger partial charge in [0.1, 0.15) is 5.69 Å². The maximum Gasteiger partial charge on any atom is 0.270 e. The maximum absolute atomic E-state index is 13.1. The van der Waals surface area contributed by atoms with Crippen LogP contribution in [0.15, 0.2) is 60.7 Å². The Balaban J connectivity index is 1.64. The average molecular weight is 403 g/mol. The van der Waals surface area contributed by atoms with Crippen molar-refractivity contribution in [3.8, 4) is 0 Å². The van der Waals surface area contributed by atoms with Crippen molar-refractivity contribution in [2.24, 2.45) is 0 Å². The molecule has 3 heterocycles. The van der Waals surface area contributed by atoms with E-state index in [4.69, 9.17) is 0 Å². The molecule has 154 valence electrons. The molecule has 7 heteroatoms. The van der Waals surface area contributed by atoms with Crippen LogP contribution in [0.25, 0.3) is 0 Å². The second kappa shape index (κ2) is 8.20. The van der Waals surface area contributed by atoms with Crippen LogP contribution in [0.2, 0.25) is 0 Å². The molecule has 0 spiro atoms. The number of pyridine rings is 1. The number of amides is 1. The topological polar surface area (TPSA) is 91.2 Å². The summed E-state index contributed by atoms with van der Waals surface area (Å²) < 4.78 is 0. The lowest BCUT2D eigenvalue weighted by Crippen LogP contribution is -2.62. The molecule has 7 nitrogen and oxygen atoms in total. The summed E-state index contributed by atoms with van der Waals surface area (Å²) in [5.41, 5.74) is 1.90. The Bertz CT molecular complexity index is 1030. The molecule has 2 atom stereocenters. The third-order valence-electron chi connectivity index (χ3n) is 5.59. The Morgan fingerprint density at radius 1 is 1.03 bits per heavy atom. The number of carbonyl (C=O) groups excluding carboxylic acids is 1. The van der Waals surface area contributed by atoms with Gasteiger partial charge in [-0.2, -0.15) is 5.10 Å². The predicted molar refractivity (Wildman–Crippen MR) is 114 cm³/mol. The number of rotatable bonds is 4. The summed E-state index contributed by atoms with van der Waals surface area (Å²) in [5.74, 6) is 0.415. The highest BCUT2D eigenvalue weighted by Gasteiger charge is 2.45. The number of aliphatic hydroxyl groups excluding tert-OH is 1. The van der Waals surface area contributed by atoms with Gasteiger partial charge in [0.2, 0.25) is 0 Å². The van der Waals surface area contributed by atoms with Crippen LogP contribution in [-0.4, -0.2) is 45.4 Å². The number of carbonyl (C=O) groups is 1. The summed E-state index contributed by atoms with van der Waals surface area (Å²) >= 11 is 0. The Kier molecular flexibility index (Phi) is 5.46. The van der Waals surface area contributed by atoms with Gasteiger partial charge in [0.25, 0.3) is 5.91 Å². The van der Waals surface area contributed by atoms with E-state index < -0.39 is 11.6 Å². The highest BCUT2D eigenvalue weighted by Crippen LogP contribution is 2.35. The van der Waals surface area contributed by atoms with Gasteiger partial charge in [0.05, 0.1) is 17.3 Å². The van der Waals surface area contributed by atoms with Crippen LogP contribution in [-0.2, 0) is 5.54 Å². The molecule has 30 heavy (non-hydrogen) atoms. The van der Waals surface area contributed by atoms with Crippen molar-refractivity contribution in [3.05, 3.63) is 83.3 Å². The second-order valence-electron chi connectivity index (χ2n) is 7.70. The fourth-order valence-electron chi connectivity index (χ4n) is 3.93. The van der Waals surface area contributed by atoms with Gasteiger partial charge < -0.3 is 15.3 Å². The molecule has 1 aliphatic heterocycles. The fourth-order valence-corrected chi connectivity index (χ4v) is 3.93. The maximum atomic E-state index is 13.1. The van der Waals surface area contributed by atoms with E-state index in [1.807, 2.05) is 73.3 Å². The number of anilines is 1. The van der Waals surface area contributed by atoms with Crippen LogP contribution in [0.4, 0.5) is 5.82 Å². The predicted octanol–water partition coefficient (Wildman–Crippen LogP) is 2.38. The van der Waals surface area contributed by atoms with Gasteiger partial charge >= 0.3 is 0 Å². The molecule has 1 aliphatic rings. The zero-order chi connectivity index (χ0) is 21.1. The molecule has 0 saturated carbocycles. The lowest BCUT2D eigenvalue weighted by atomic mass is 9.78. The number of hydrogen-bond acceptors (Lipinski definition) is 6. The van der Waals surface area contributed by atoms with Crippen LogP contribution in [0.1, 0.15) is 33.9 Å². The summed E-state index contributed by atoms with van der Waals surface area (Å²) in [6.07, 6.45) is -0.323. The number of nitrogens with one attached hydrogen (secondary N) is 1. The zero-order valence-corrected chi connectivity index (χ0v) is 17.1. The van der Waals surface area contributed by atoms with Crippen LogP contribution in [0.5, 0.6) is 0 Å². The van der Waals surface area contributed by atoms with E-state index in [9.17, 15) is 9.90 Å². The molecule has 1 aromatic carbocycles. The van der Waals surface area contributed by atoms with Gasteiger partial charge in [-0.05, 0) is 50.1 Å². The first kappa shape index (κ1) is 20.0. The minimum absolute atomic E-state index is 0.301. The third kappa shape index (κ3) is 3.89. The summed E-state index contributed by atoms with van der Waals surface area (Å²) in [7, 11) is 0. The Morgan fingerprint density at radius 2 is 1.83 bits per heavy atom. The molecule has 0 unspecified atom stereocenters. The number of benzene rings is 1. The molecule has 0 aliphatic carbocycles. The summed E-state index contributed by atoms with van der Waals surface area (Å²) in [6.45, 7) is 4.68. The monoisotopic (exact) mass is 403 g/mol. The normalized spacial score (nSPS) is 21.3. The van der Waals surface area contributed by atoms with Gasteiger partial charge in [0.15, 0.2) is 5.82 Å². The third-order valence-corrected chi connectivity index (χ3v) is 5.59. The lowest BCUT2D eigenvalue weighted by molar-refractivity contribution is 0.0362. The molecule has 2 aromatic heterocycles. The van der Waals surface area contributed by atoms with E-state index in [0.717, 1.165) is 17.0 Å². The number of nitrogens with zero attached hydrogens (tertiary/aromatic N) is 4. The Hall–Kier alpha value is -3.32. The van der Waals surface area contributed by atoms with Crippen molar-refractivity contribution in [3.63, 3.8) is 0 Å². The summed E-state index contributed by atoms with van der Waals surface area (Å²) in [6, 6.07) is 18.8. The van der Waals surface area contributed by atoms with E-state index in [2.05, 4.69) is 20.5 Å². The minimum atomic E-state index is -0.918. The number of aromatic nitrogens is 3. The van der Waals surface area contributed by atoms with Crippen molar-refractivity contribution < 1.29 is 9.90 Å². The fraction of sp³-hybridized carbons (Fsp3) is 0.304. The summed E-state index contributed by atoms with van der Waals surface area (Å²) in [5, 5.41) is 22.8. The van der Waals surface area contributed by atoms with Gasteiger partial charge in [0, 0.05) is 18.8 Å². The SMILES string of the molecule is Cc1ccc(N2CC[C@](NC(=O)c3cccc(C)n3)(c3ccccc3)[C@H](O)C2)nn1. The van der Waals surface area contributed by atoms with Gasteiger partial charge in [-0.15, -0.1) is 5.10 Å². The number of β-amino-alcohol motifs (C(OH)–C–C–N with tert-alkyl or cyclic N) is 1. The van der Waals surface area contributed by atoms with E-state index >= 15 is 0 Å². The standard InChI is InChI=1S/C23H25N5O2/c1-16-7-6-10-19(24-16)22(30)25-23(18-8-4-3-5-9-18)13-14-28(15-20(23)29)21-12-11-17(2)26-27-21/h3-12,20,29H,13-15H2,1-2H3,(H,25,30)/t20-,23+/m1/s1. The van der Waals surface area contributed by atoms with Crippen molar-refractivity contribution >= 4 is 11.7 Å². The molecule has 1 fully saturated rings. The van der Waals surface area contributed by atoms with E-state index in [-0.39, 0.29) is 5.91 Å². The first-order valence-corrected chi connectivity index (χ1v) is 10.0. The number of aryl methyl sites for hydroxylation is 2. The van der Waals surface area contributed by atoms with Crippen LogP contribution in [0, 0.1) is 13.8 Å². The molecule has 2 N–H and O–H groups in total. The summed E-state index contributed by atoms with van der Waals surface area (Å²) in [4.78, 5) is 19.4. The molecule has 4 rings (SSSR count). The smallest absolute Gasteiger partial charge is 0.270 e. The Morgan fingerprint density at radius 3 is 2.50 bits per heavy atom. The van der Waals surface area contributed by atoms with E-state index in [1.54, 1.807) is 6.07 Å². The number of aliphatic hydroxyl groups is 1. The quantitative estimate of drug-likeness (QED) is 0.695. The van der Waals surface area contributed by atoms with Gasteiger partial charge in [-0.3, -0.25) is 4.79 Å². The van der Waals surface area contributed by atoms with E-state index in [0.29, 0.717) is 31.0 Å². The molecular formula is C23H25N5O2. The van der Waals surface area contributed by atoms with Crippen molar-refractivity contribution in [1.29, 1.82) is 0 Å². The van der Waals surface area contributed by atoms with Crippen molar-refractivity contribution in [2.45, 2.75) is 31.9 Å². The molecule has 0 bridgehead atoms. The highest BCUT2D eigenvalue weighted by molar-refractivity contribution is 5.93. The number of piperidine rings is 1. The zero-order valence-electron chi connectivity index (χ0n) is 17.1. The van der Waals surface area contributed by atoms with Gasteiger partial charge in [-0.1, -0.05) is 36.4 Å². The largest absolute Gasteiger partial charge is 0.388 e. The first-order valence-electron chi connectivity index (χ1n) is 10.0. The molecule has 1 amide bonds. The molecular weight excluding hydrogens is 378 g/mol. The molecule has 1 saturated heterocycles. The first-order chi connectivity index (χ1) is 14.5. The van der Waals surface area contributed by atoms with Crippen LogP contribution in [0.3, 0.4) is 0 Å². The number of hydrogen-bond donors (Lipinski definition) is 2. The van der Waals surface area contributed by atoms with Gasteiger partial charge in [-0.25, -0.2) is 4.98 Å². The van der Waals surface area contributed by atoms with Crippen LogP contribution >= 0.6 is 0 Å². The molecule has 3 aromatic rings. The minimum Gasteiger partial charge on any atom is -0.388 e. The van der Waals surface area contributed by atoms with Crippen molar-refractivity contribution in [1.82, 2.24) is 20.5 Å². The van der Waals surface area contributed by atoms with Crippen molar-refractivity contribution in [2.75, 3.05) is 18.0 Å². The lowest BCUT2D eigenvalue weighted by Gasteiger charge is -2.46. The molecule has 0 radical (unpaired) electrons. The highest BCUT2D eigenvalue weighted by atomic mass is 16.3.